The van der Waals surface area contributed by atoms with Crippen molar-refractivity contribution in [3.8, 4) is 5.75 Å². The summed E-state index contributed by atoms with van der Waals surface area (Å²) >= 11 is 0. The lowest BCUT2D eigenvalue weighted by Crippen LogP contribution is -2.60. The molecule has 0 bridgehead atoms. The van der Waals surface area contributed by atoms with Crippen molar-refractivity contribution in [2.45, 2.75) is 19.1 Å². The molecule has 2 aromatic rings. The third-order valence-electron chi connectivity index (χ3n) is 7.34. The first-order chi connectivity index (χ1) is 17.4. The highest BCUT2D eigenvalue weighted by Gasteiger charge is 2.51. The predicted molar refractivity (Wildman–Crippen MR) is 135 cm³/mol. The zero-order chi connectivity index (χ0) is 25.2. The van der Waals surface area contributed by atoms with Crippen molar-refractivity contribution in [3.05, 3.63) is 60.7 Å². The second kappa shape index (κ2) is 10.3. The summed E-state index contributed by atoms with van der Waals surface area (Å²) in [5.74, 6) is -0.00663. The lowest BCUT2D eigenvalue weighted by Gasteiger charge is -2.41. The number of anilines is 1. The predicted octanol–water partition coefficient (Wildman–Crippen LogP) is 1.22. The van der Waals surface area contributed by atoms with E-state index in [4.69, 9.17) is 4.74 Å². The number of carbonyl (C=O) groups is 3. The molecule has 3 aliphatic heterocycles. The molecule has 0 radical (unpaired) electrons. The van der Waals surface area contributed by atoms with Crippen molar-refractivity contribution in [2.75, 3.05) is 51.3 Å². The topological polar surface area (TPSA) is 85.4 Å². The number of hydrazine groups is 1. The van der Waals surface area contributed by atoms with E-state index in [9.17, 15) is 14.4 Å². The standard InChI is InChI=1S/C27H33N5O4/c1-19(36-21-11-7-4-8-12-21)25(33)30-13-15-31(16-14-30)26(34)22-17-29(2)18-23-24(22)28-32(27(23)35)20-9-5-3-6-10-20/h3-12,19,22-24,28H,13-18H2,1-2H3. The number of hydrogen-bond donors (Lipinski definition) is 1. The van der Waals surface area contributed by atoms with Gasteiger partial charge in [-0.15, -0.1) is 0 Å². The van der Waals surface area contributed by atoms with Gasteiger partial charge in [-0.3, -0.25) is 14.4 Å². The molecule has 4 unspecified atom stereocenters. The first-order valence-corrected chi connectivity index (χ1v) is 12.6. The van der Waals surface area contributed by atoms with Crippen LogP contribution in [0.15, 0.2) is 60.7 Å². The van der Waals surface area contributed by atoms with Crippen molar-refractivity contribution >= 4 is 23.4 Å². The fourth-order valence-electron chi connectivity index (χ4n) is 5.45. The summed E-state index contributed by atoms with van der Waals surface area (Å²) in [6, 6.07) is 18.5. The van der Waals surface area contributed by atoms with Gasteiger partial charge in [0.05, 0.1) is 23.6 Å². The molecule has 4 atom stereocenters. The van der Waals surface area contributed by atoms with Gasteiger partial charge in [0.1, 0.15) is 5.75 Å². The number of carbonyl (C=O) groups excluding carboxylic acids is 3. The Kier molecular flexibility index (Phi) is 6.93. The minimum absolute atomic E-state index is 0.00151. The summed E-state index contributed by atoms with van der Waals surface area (Å²) in [6.07, 6.45) is -0.597. The van der Waals surface area contributed by atoms with E-state index in [2.05, 4.69) is 10.3 Å². The normalized spacial score (nSPS) is 25.4. The fourth-order valence-corrected chi connectivity index (χ4v) is 5.45. The monoisotopic (exact) mass is 491 g/mol. The molecule has 9 nitrogen and oxygen atoms in total. The van der Waals surface area contributed by atoms with E-state index in [0.29, 0.717) is 45.0 Å². The van der Waals surface area contributed by atoms with Gasteiger partial charge in [0, 0.05) is 39.3 Å². The summed E-state index contributed by atoms with van der Waals surface area (Å²) in [5, 5.41) is 1.60. The first-order valence-electron chi connectivity index (χ1n) is 12.6. The van der Waals surface area contributed by atoms with Crippen LogP contribution in [-0.4, -0.2) is 90.9 Å². The van der Waals surface area contributed by atoms with Gasteiger partial charge in [0.15, 0.2) is 6.10 Å². The molecule has 3 saturated heterocycles. The Morgan fingerprint density at radius 3 is 2.19 bits per heavy atom. The van der Waals surface area contributed by atoms with Crippen LogP contribution in [0.1, 0.15) is 6.92 Å². The molecule has 3 heterocycles. The summed E-state index contributed by atoms with van der Waals surface area (Å²) in [6.45, 7) is 4.83. The molecule has 2 aromatic carbocycles. The summed E-state index contributed by atoms with van der Waals surface area (Å²) in [7, 11) is 1.96. The largest absolute Gasteiger partial charge is 0.481 e. The maximum absolute atomic E-state index is 13.6. The van der Waals surface area contributed by atoms with Crippen molar-refractivity contribution in [2.24, 2.45) is 11.8 Å². The minimum Gasteiger partial charge on any atom is -0.481 e. The molecule has 0 aromatic heterocycles. The Bertz CT molecular complexity index is 1090. The molecule has 3 aliphatic rings. The fraction of sp³-hybridized carbons (Fsp3) is 0.444. The van der Waals surface area contributed by atoms with E-state index < -0.39 is 6.10 Å². The number of piperidine rings is 1. The molecule has 1 N–H and O–H groups in total. The maximum atomic E-state index is 13.6. The van der Waals surface area contributed by atoms with Crippen molar-refractivity contribution in [3.63, 3.8) is 0 Å². The van der Waals surface area contributed by atoms with Crippen LogP contribution in [0.5, 0.6) is 5.75 Å². The molecule has 0 saturated carbocycles. The Morgan fingerprint density at radius 2 is 1.53 bits per heavy atom. The zero-order valence-electron chi connectivity index (χ0n) is 20.7. The van der Waals surface area contributed by atoms with E-state index in [-0.39, 0.29) is 35.6 Å². The average Bonchev–Trinajstić information content (AvgIpc) is 3.24. The molecule has 3 amide bonds. The highest BCUT2D eigenvalue weighted by atomic mass is 16.5. The molecule has 3 fully saturated rings. The number of para-hydroxylation sites is 2. The quantitative estimate of drug-likeness (QED) is 0.677. The number of hydrogen-bond acceptors (Lipinski definition) is 6. The van der Waals surface area contributed by atoms with E-state index in [1.54, 1.807) is 16.8 Å². The van der Waals surface area contributed by atoms with E-state index >= 15 is 0 Å². The number of fused-ring (bicyclic) bond motifs is 1. The van der Waals surface area contributed by atoms with Crippen molar-refractivity contribution < 1.29 is 19.1 Å². The maximum Gasteiger partial charge on any atom is 0.263 e. The number of ether oxygens (including phenoxy) is 1. The van der Waals surface area contributed by atoms with Crippen molar-refractivity contribution in [1.82, 2.24) is 20.1 Å². The number of nitrogens with one attached hydrogen (secondary N) is 1. The van der Waals surface area contributed by atoms with E-state index in [0.717, 1.165) is 5.69 Å². The molecule has 0 spiro atoms. The summed E-state index contributed by atoms with van der Waals surface area (Å²) in [4.78, 5) is 45.4. The lowest BCUT2D eigenvalue weighted by molar-refractivity contribution is -0.147. The van der Waals surface area contributed by atoms with E-state index in [1.807, 2.05) is 72.6 Å². The van der Waals surface area contributed by atoms with Crippen LogP contribution < -0.4 is 15.2 Å². The number of likely N-dealkylation sites (tertiary alicyclic amines) is 1. The Labute approximate surface area is 211 Å². The number of amides is 3. The highest BCUT2D eigenvalue weighted by Crippen LogP contribution is 2.32. The Balaban J connectivity index is 1.21. The van der Waals surface area contributed by atoms with Gasteiger partial charge in [-0.1, -0.05) is 36.4 Å². The molecule has 5 rings (SSSR count). The van der Waals surface area contributed by atoms with Crippen LogP contribution in [0.3, 0.4) is 0 Å². The van der Waals surface area contributed by atoms with E-state index in [1.165, 1.54) is 0 Å². The summed E-state index contributed by atoms with van der Waals surface area (Å²) < 4.78 is 5.79. The van der Waals surface area contributed by atoms with Gasteiger partial charge in [0.2, 0.25) is 11.8 Å². The number of piperazine rings is 1. The van der Waals surface area contributed by atoms with Crippen LogP contribution in [0.2, 0.25) is 0 Å². The van der Waals surface area contributed by atoms with Crippen LogP contribution in [-0.2, 0) is 14.4 Å². The van der Waals surface area contributed by atoms with Gasteiger partial charge in [-0.05, 0) is 38.2 Å². The van der Waals surface area contributed by atoms with Crippen LogP contribution in [0, 0.1) is 11.8 Å². The minimum atomic E-state index is -0.597. The van der Waals surface area contributed by atoms with Gasteiger partial charge in [-0.25, -0.2) is 10.4 Å². The first kappa shape index (κ1) is 24.3. The molecular weight excluding hydrogens is 458 g/mol. The Hall–Kier alpha value is -3.43. The number of nitrogens with zero attached hydrogens (tertiary/aromatic N) is 4. The van der Waals surface area contributed by atoms with Crippen molar-refractivity contribution in [1.29, 1.82) is 0 Å². The smallest absolute Gasteiger partial charge is 0.263 e. The molecule has 9 heteroatoms. The van der Waals surface area contributed by atoms with Gasteiger partial charge < -0.3 is 19.4 Å². The highest BCUT2D eigenvalue weighted by molar-refractivity contribution is 5.98. The van der Waals surface area contributed by atoms with Gasteiger partial charge >= 0.3 is 0 Å². The lowest BCUT2D eigenvalue weighted by atomic mass is 9.84. The van der Waals surface area contributed by atoms with Gasteiger partial charge in [0.25, 0.3) is 5.91 Å². The second-order valence-electron chi connectivity index (χ2n) is 9.82. The van der Waals surface area contributed by atoms with Crippen LogP contribution in [0.4, 0.5) is 5.69 Å². The molecule has 190 valence electrons. The van der Waals surface area contributed by atoms with Crippen LogP contribution >= 0.6 is 0 Å². The molecular formula is C27H33N5O4. The average molecular weight is 492 g/mol. The number of rotatable bonds is 5. The molecule has 36 heavy (non-hydrogen) atoms. The van der Waals surface area contributed by atoms with Crippen LogP contribution in [0.25, 0.3) is 0 Å². The number of benzene rings is 2. The third kappa shape index (κ3) is 4.81. The molecule has 0 aliphatic carbocycles. The third-order valence-corrected chi connectivity index (χ3v) is 7.34. The SMILES string of the molecule is CC(Oc1ccccc1)C(=O)N1CCN(C(=O)C2CN(C)CC3C(=O)N(c4ccccc4)NC23)CC1. The van der Waals surface area contributed by atoms with Gasteiger partial charge in [-0.2, -0.15) is 0 Å². The Morgan fingerprint density at radius 1 is 0.917 bits per heavy atom. The summed E-state index contributed by atoms with van der Waals surface area (Å²) in [5.41, 5.74) is 4.13. The zero-order valence-corrected chi connectivity index (χ0v) is 20.7. The second-order valence-corrected chi connectivity index (χ2v) is 9.82.